The van der Waals surface area contributed by atoms with Crippen LogP contribution in [0, 0.1) is 6.92 Å². The summed E-state index contributed by atoms with van der Waals surface area (Å²) in [5.41, 5.74) is 1.51. The maximum atomic E-state index is 10.4. The minimum absolute atomic E-state index is 0.00206. The van der Waals surface area contributed by atoms with Crippen molar-refractivity contribution in [3.63, 3.8) is 0 Å². The maximum absolute atomic E-state index is 10.4. The number of aliphatic carboxylic acids is 1. The summed E-state index contributed by atoms with van der Waals surface area (Å²) >= 11 is 3.28. The third-order valence-corrected chi connectivity index (χ3v) is 2.61. The van der Waals surface area contributed by atoms with Gasteiger partial charge in [0.2, 0.25) is 0 Å². The fourth-order valence-electron chi connectivity index (χ4n) is 1.02. The van der Waals surface area contributed by atoms with Gasteiger partial charge < -0.3 is 5.11 Å². The summed E-state index contributed by atoms with van der Waals surface area (Å²) in [6.07, 6.45) is -0.00206. The molecule has 0 spiro atoms. The van der Waals surface area contributed by atoms with E-state index in [1.54, 1.807) is 11.7 Å². The van der Waals surface area contributed by atoms with Gasteiger partial charge in [0.1, 0.15) is 0 Å². The molecule has 0 radical (unpaired) electrons. The van der Waals surface area contributed by atoms with Gasteiger partial charge in [-0.1, -0.05) is 0 Å². The largest absolute Gasteiger partial charge is 0.481 e. The third kappa shape index (κ3) is 1.66. The van der Waals surface area contributed by atoms with E-state index in [4.69, 9.17) is 5.11 Å². The normalized spacial score (nSPS) is 10.2. The van der Waals surface area contributed by atoms with Gasteiger partial charge >= 0.3 is 5.97 Å². The third-order valence-electron chi connectivity index (χ3n) is 1.58. The number of nitrogens with zero attached hydrogens (tertiary/aromatic N) is 2. The average molecular weight is 233 g/mol. The fraction of sp³-hybridized carbons (Fsp3) is 0.429. The molecule has 0 saturated carbocycles. The summed E-state index contributed by atoms with van der Waals surface area (Å²) in [4.78, 5) is 10.4. The van der Waals surface area contributed by atoms with Crippen LogP contribution in [-0.4, -0.2) is 20.9 Å². The number of halogens is 1. The summed E-state index contributed by atoms with van der Waals surface area (Å²) in [5.74, 6) is -0.848. The Morgan fingerprint density at radius 1 is 1.75 bits per heavy atom. The standard InChI is InChI=1S/C7H9BrN2O2/c1-4-7(8)5(3-6(11)12)10(2)9-4/h3H2,1-2H3,(H,11,12). The van der Waals surface area contributed by atoms with E-state index in [9.17, 15) is 4.79 Å². The van der Waals surface area contributed by atoms with Gasteiger partial charge in [-0.2, -0.15) is 5.10 Å². The van der Waals surface area contributed by atoms with Gasteiger partial charge in [0.05, 0.1) is 22.3 Å². The van der Waals surface area contributed by atoms with Crippen molar-refractivity contribution in [3.8, 4) is 0 Å². The van der Waals surface area contributed by atoms with Crippen molar-refractivity contribution in [1.82, 2.24) is 9.78 Å². The van der Waals surface area contributed by atoms with E-state index in [2.05, 4.69) is 21.0 Å². The first-order chi connectivity index (χ1) is 5.52. The van der Waals surface area contributed by atoms with Gasteiger partial charge in [-0.25, -0.2) is 0 Å². The molecule has 0 bridgehead atoms. The number of hydrogen-bond donors (Lipinski definition) is 1. The topological polar surface area (TPSA) is 55.1 Å². The van der Waals surface area contributed by atoms with E-state index >= 15 is 0 Å². The molecule has 0 aliphatic heterocycles. The molecule has 0 saturated heterocycles. The van der Waals surface area contributed by atoms with E-state index in [0.717, 1.165) is 10.2 Å². The number of carboxylic acid groups (broad SMARTS) is 1. The molecule has 4 nitrogen and oxygen atoms in total. The molecule has 0 amide bonds. The van der Waals surface area contributed by atoms with Gasteiger partial charge in [-0.05, 0) is 22.9 Å². The highest BCUT2D eigenvalue weighted by molar-refractivity contribution is 9.10. The Morgan fingerprint density at radius 2 is 2.33 bits per heavy atom. The summed E-state index contributed by atoms with van der Waals surface area (Å²) in [6.45, 7) is 1.83. The Hall–Kier alpha value is -0.840. The molecular formula is C7H9BrN2O2. The van der Waals surface area contributed by atoms with Crippen LogP contribution in [0.15, 0.2) is 4.47 Å². The van der Waals surface area contributed by atoms with Crippen LogP contribution in [-0.2, 0) is 18.3 Å². The van der Waals surface area contributed by atoms with Crippen molar-refractivity contribution < 1.29 is 9.90 Å². The van der Waals surface area contributed by atoms with E-state index in [1.165, 1.54) is 0 Å². The van der Waals surface area contributed by atoms with Crippen LogP contribution in [0.3, 0.4) is 0 Å². The molecule has 0 fully saturated rings. The second-order valence-electron chi connectivity index (χ2n) is 2.54. The Kier molecular flexibility index (Phi) is 2.52. The first-order valence-electron chi connectivity index (χ1n) is 3.42. The van der Waals surface area contributed by atoms with Gasteiger partial charge in [0, 0.05) is 7.05 Å². The zero-order valence-electron chi connectivity index (χ0n) is 6.83. The van der Waals surface area contributed by atoms with Gasteiger partial charge in [-0.15, -0.1) is 0 Å². The number of hydrogen-bond acceptors (Lipinski definition) is 2. The van der Waals surface area contributed by atoms with Crippen molar-refractivity contribution in [3.05, 3.63) is 15.9 Å². The fourth-order valence-corrected chi connectivity index (χ4v) is 1.49. The van der Waals surface area contributed by atoms with Gasteiger partial charge in [0.25, 0.3) is 0 Å². The molecule has 1 aromatic heterocycles. The molecule has 0 aliphatic rings. The van der Waals surface area contributed by atoms with Crippen molar-refractivity contribution in [2.45, 2.75) is 13.3 Å². The van der Waals surface area contributed by atoms with E-state index in [0.29, 0.717) is 5.69 Å². The molecule has 0 unspecified atom stereocenters. The second-order valence-corrected chi connectivity index (χ2v) is 3.33. The summed E-state index contributed by atoms with van der Waals surface area (Å²) in [7, 11) is 1.73. The second kappa shape index (κ2) is 3.26. The Balaban J connectivity index is 3.05. The highest BCUT2D eigenvalue weighted by Gasteiger charge is 2.12. The summed E-state index contributed by atoms with van der Waals surface area (Å²) < 4.78 is 2.36. The van der Waals surface area contributed by atoms with E-state index in [1.807, 2.05) is 6.92 Å². The quantitative estimate of drug-likeness (QED) is 0.832. The lowest BCUT2D eigenvalue weighted by Crippen LogP contribution is -2.06. The minimum atomic E-state index is -0.848. The van der Waals surface area contributed by atoms with Crippen molar-refractivity contribution in [1.29, 1.82) is 0 Å². The van der Waals surface area contributed by atoms with Crippen molar-refractivity contribution >= 4 is 21.9 Å². The Morgan fingerprint density at radius 3 is 2.67 bits per heavy atom. The molecule has 0 aliphatic carbocycles. The molecule has 66 valence electrons. The van der Waals surface area contributed by atoms with E-state index < -0.39 is 5.97 Å². The summed E-state index contributed by atoms with van der Waals surface area (Å²) in [6, 6.07) is 0. The summed E-state index contributed by atoms with van der Waals surface area (Å²) in [5, 5.41) is 12.6. The smallest absolute Gasteiger partial charge is 0.309 e. The molecule has 1 heterocycles. The number of carboxylic acids is 1. The molecule has 1 rings (SSSR count). The monoisotopic (exact) mass is 232 g/mol. The Bertz CT molecular complexity index is 319. The van der Waals surface area contributed by atoms with Crippen LogP contribution in [0.1, 0.15) is 11.4 Å². The number of aryl methyl sites for hydroxylation is 2. The minimum Gasteiger partial charge on any atom is -0.481 e. The highest BCUT2D eigenvalue weighted by Crippen LogP contribution is 2.20. The van der Waals surface area contributed by atoms with Crippen LogP contribution < -0.4 is 0 Å². The lowest BCUT2D eigenvalue weighted by molar-refractivity contribution is -0.136. The SMILES string of the molecule is Cc1nn(C)c(CC(=O)O)c1Br. The number of carbonyl (C=O) groups is 1. The zero-order chi connectivity index (χ0) is 9.30. The lowest BCUT2D eigenvalue weighted by atomic mass is 10.3. The number of aromatic nitrogens is 2. The predicted molar refractivity (Wildman–Crippen MR) is 47.0 cm³/mol. The van der Waals surface area contributed by atoms with Crippen molar-refractivity contribution in [2.75, 3.05) is 0 Å². The zero-order valence-corrected chi connectivity index (χ0v) is 8.42. The molecule has 12 heavy (non-hydrogen) atoms. The lowest BCUT2D eigenvalue weighted by Gasteiger charge is -1.97. The first-order valence-corrected chi connectivity index (χ1v) is 4.21. The van der Waals surface area contributed by atoms with Gasteiger partial charge in [0.15, 0.2) is 0 Å². The number of rotatable bonds is 2. The maximum Gasteiger partial charge on any atom is 0.309 e. The highest BCUT2D eigenvalue weighted by atomic mass is 79.9. The predicted octanol–water partition coefficient (Wildman–Crippen LogP) is 1.12. The van der Waals surface area contributed by atoms with Crippen LogP contribution in [0.25, 0.3) is 0 Å². The Labute approximate surface area is 78.3 Å². The molecule has 1 aromatic rings. The van der Waals surface area contributed by atoms with Crippen LogP contribution in [0.5, 0.6) is 0 Å². The molecule has 0 aromatic carbocycles. The van der Waals surface area contributed by atoms with Gasteiger partial charge in [-0.3, -0.25) is 9.48 Å². The van der Waals surface area contributed by atoms with Crippen LogP contribution in [0.2, 0.25) is 0 Å². The molecular weight excluding hydrogens is 224 g/mol. The van der Waals surface area contributed by atoms with Crippen LogP contribution in [0.4, 0.5) is 0 Å². The van der Waals surface area contributed by atoms with Crippen molar-refractivity contribution in [2.24, 2.45) is 7.05 Å². The first kappa shape index (κ1) is 9.25. The molecule has 5 heteroatoms. The van der Waals surface area contributed by atoms with Crippen LogP contribution >= 0.6 is 15.9 Å². The molecule has 1 N–H and O–H groups in total. The molecule has 0 atom stereocenters. The average Bonchev–Trinajstić information content (AvgIpc) is 2.16. The van der Waals surface area contributed by atoms with E-state index in [-0.39, 0.29) is 6.42 Å².